The van der Waals surface area contributed by atoms with Crippen LogP contribution in [0, 0.1) is 27.7 Å². The van der Waals surface area contributed by atoms with Crippen LogP contribution < -0.4 is 5.32 Å². The van der Waals surface area contributed by atoms with Crippen LogP contribution in [-0.2, 0) is 0 Å². The van der Waals surface area contributed by atoms with Crippen molar-refractivity contribution in [2.75, 3.05) is 5.32 Å². The number of fused-ring (bicyclic) bond motifs is 1. The number of nitrogens with one attached hydrogen (secondary N) is 1. The number of hydrogen-bond acceptors (Lipinski definition) is 2. The van der Waals surface area contributed by atoms with Crippen molar-refractivity contribution in [3.05, 3.63) is 83.0 Å². The molecule has 0 bridgehead atoms. The fraction of sp³-hybridized carbons (Fsp3) is 0.174. The molecule has 3 heteroatoms. The maximum Gasteiger partial charge on any atom is 0.143 e. The van der Waals surface area contributed by atoms with E-state index < -0.39 is 0 Å². The van der Waals surface area contributed by atoms with Gasteiger partial charge in [-0.2, -0.15) is 0 Å². The van der Waals surface area contributed by atoms with Crippen LogP contribution in [0.4, 0.5) is 11.5 Å². The SMILES string of the molecule is Cc1cc(C)n2c(Nc3c(C)cccc3C)c(-c3ccccc3)nc2c1. The highest BCUT2D eigenvalue weighted by Crippen LogP contribution is 2.34. The van der Waals surface area contributed by atoms with E-state index in [1.54, 1.807) is 0 Å². The average molecular weight is 341 g/mol. The zero-order chi connectivity index (χ0) is 18.3. The monoisotopic (exact) mass is 341 g/mol. The number of para-hydroxylation sites is 1. The number of benzene rings is 2. The molecule has 2 heterocycles. The molecule has 0 amide bonds. The lowest BCUT2D eigenvalue weighted by Gasteiger charge is -2.15. The van der Waals surface area contributed by atoms with E-state index in [4.69, 9.17) is 4.98 Å². The second-order valence-corrected chi connectivity index (χ2v) is 6.93. The Morgan fingerprint density at radius 3 is 2.19 bits per heavy atom. The molecule has 3 nitrogen and oxygen atoms in total. The van der Waals surface area contributed by atoms with E-state index in [9.17, 15) is 0 Å². The highest BCUT2D eigenvalue weighted by atomic mass is 15.1. The van der Waals surface area contributed by atoms with E-state index in [-0.39, 0.29) is 0 Å². The molecule has 0 fully saturated rings. The van der Waals surface area contributed by atoms with E-state index >= 15 is 0 Å². The van der Waals surface area contributed by atoms with E-state index in [1.165, 1.54) is 22.4 Å². The number of rotatable bonds is 3. The fourth-order valence-corrected chi connectivity index (χ4v) is 3.57. The van der Waals surface area contributed by atoms with Gasteiger partial charge in [0.2, 0.25) is 0 Å². The summed E-state index contributed by atoms with van der Waals surface area (Å²) in [6.45, 7) is 8.52. The van der Waals surface area contributed by atoms with Gasteiger partial charge in [0.15, 0.2) is 0 Å². The number of imidazole rings is 1. The Labute approximate surface area is 154 Å². The van der Waals surface area contributed by atoms with Crippen LogP contribution in [0.15, 0.2) is 60.7 Å². The summed E-state index contributed by atoms with van der Waals surface area (Å²) in [7, 11) is 0. The summed E-state index contributed by atoms with van der Waals surface area (Å²) in [5, 5.41) is 3.69. The minimum atomic E-state index is 0.968. The molecule has 4 aromatic rings. The van der Waals surface area contributed by atoms with E-state index in [0.29, 0.717) is 0 Å². The van der Waals surface area contributed by atoms with Crippen LogP contribution in [0.5, 0.6) is 0 Å². The Balaban J connectivity index is 2.00. The topological polar surface area (TPSA) is 29.3 Å². The Bertz CT molecular complexity index is 1070. The first-order chi connectivity index (χ1) is 12.5. The van der Waals surface area contributed by atoms with Crippen molar-refractivity contribution in [2.45, 2.75) is 27.7 Å². The molecule has 0 atom stereocenters. The van der Waals surface area contributed by atoms with Gasteiger partial charge in [-0.15, -0.1) is 0 Å². The normalized spacial score (nSPS) is 11.1. The number of pyridine rings is 1. The quantitative estimate of drug-likeness (QED) is 0.497. The van der Waals surface area contributed by atoms with Crippen molar-refractivity contribution >= 4 is 17.2 Å². The molecule has 26 heavy (non-hydrogen) atoms. The van der Waals surface area contributed by atoms with Crippen molar-refractivity contribution in [3.63, 3.8) is 0 Å². The number of hydrogen-bond donors (Lipinski definition) is 1. The van der Waals surface area contributed by atoms with E-state index in [2.05, 4.69) is 92.0 Å². The van der Waals surface area contributed by atoms with Crippen molar-refractivity contribution in [2.24, 2.45) is 0 Å². The molecular weight excluding hydrogens is 318 g/mol. The molecular formula is C23H23N3. The van der Waals surface area contributed by atoms with Crippen LogP contribution in [0.3, 0.4) is 0 Å². The average Bonchev–Trinajstić information content (AvgIpc) is 2.97. The number of anilines is 2. The minimum Gasteiger partial charge on any atom is -0.339 e. The lowest BCUT2D eigenvalue weighted by Crippen LogP contribution is -2.02. The Morgan fingerprint density at radius 2 is 1.50 bits per heavy atom. The van der Waals surface area contributed by atoms with Crippen molar-refractivity contribution in [1.29, 1.82) is 0 Å². The van der Waals surface area contributed by atoms with Gasteiger partial charge in [-0.05, 0) is 56.5 Å². The summed E-state index contributed by atoms with van der Waals surface area (Å²) in [6.07, 6.45) is 0. The summed E-state index contributed by atoms with van der Waals surface area (Å²) in [6, 6.07) is 21.1. The van der Waals surface area contributed by atoms with Gasteiger partial charge in [-0.3, -0.25) is 4.40 Å². The molecule has 0 radical (unpaired) electrons. The van der Waals surface area contributed by atoms with Crippen molar-refractivity contribution < 1.29 is 0 Å². The molecule has 0 aliphatic rings. The van der Waals surface area contributed by atoms with Gasteiger partial charge >= 0.3 is 0 Å². The molecule has 130 valence electrons. The van der Waals surface area contributed by atoms with Crippen LogP contribution in [-0.4, -0.2) is 9.38 Å². The molecule has 0 spiro atoms. The van der Waals surface area contributed by atoms with Gasteiger partial charge < -0.3 is 5.32 Å². The zero-order valence-electron chi connectivity index (χ0n) is 15.7. The first kappa shape index (κ1) is 16.4. The summed E-state index contributed by atoms with van der Waals surface area (Å²) in [4.78, 5) is 4.96. The molecule has 0 aliphatic carbocycles. The second kappa shape index (κ2) is 6.34. The standard InChI is InChI=1S/C23H23N3/c1-15-13-18(4)26-20(14-15)24-22(19-11-6-5-7-12-19)23(26)25-21-16(2)9-8-10-17(21)3/h5-14,25H,1-4H3. The van der Waals surface area contributed by atoms with E-state index in [0.717, 1.165) is 28.4 Å². The second-order valence-electron chi connectivity index (χ2n) is 6.93. The Kier molecular flexibility index (Phi) is 4.00. The summed E-state index contributed by atoms with van der Waals surface area (Å²) < 4.78 is 2.21. The minimum absolute atomic E-state index is 0.968. The highest BCUT2D eigenvalue weighted by molar-refractivity contribution is 5.81. The fourth-order valence-electron chi connectivity index (χ4n) is 3.57. The zero-order valence-corrected chi connectivity index (χ0v) is 15.7. The summed E-state index contributed by atoms with van der Waals surface area (Å²) >= 11 is 0. The number of nitrogens with zero attached hydrogens (tertiary/aromatic N) is 2. The first-order valence-corrected chi connectivity index (χ1v) is 8.93. The lowest BCUT2D eigenvalue weighted by atomic mass is 10.1. The smallest absolute Gasteiger partial charge is 0.143 e. The van der Waals surface area contributed by atoms with Crippen LogP contribution in [0.25, 0.3) is 16.9 Å². The number of aryl methyl sites for hydroxylation is 4. The summed E-state index contributed by atoms with van der Waals surface area (Å²) in [5.74, 6) is 1.01. The van der Waals surface area contributed by atoms with Gasteiger partial charge in [0, 0.05) is 16.9 Å². The van der Waals surface area contributed by atoms with Crippen LogP contribution in [0.1, 0.15) is 22.4 Å². The molecule has 0 saturated heterocycles. The third kappa shape index (κ3) is 2.76. The van der Waals surface area contributed by atoms with Gasteiger partial charge in [-0.1, -0.05) is 48.5 Å². The van der Waals surface area contributed by atoms with Gasteiger partial charge in [0.05, 0.1) is 0 Å². The molecule has 1 N–H and O–H groups in total. The van der Waals surface area contributed by atoms with Crippen LogP contribution >= 0.6 is 0 Å². The Hall–Kier alpha value is -3.07. The molecule has 2 aromatic heterocycles. The van der Waals surface area contributed by atoms with Crippen molar-refractivity contribution in [1.82, 2.24) is 9.38 Å². The largest absolute Gasteiger partial charge is 0.339 e. The molecule has 0 aliphatic heterocycles. The summed E-state index contributed by atoms with van der Waals surface area (Å²) in [5.41, 5.74) is 9.04. The first-order valence-electron chi connectivity index (χ1n) is 8.93. The highest BCUT2D eigenvalue weighted by Gasteiger charge is 2.17. The van der Waals surface area contributed by atoms with Crippen LogP contribution in [0.2, 0.25) is 0 Å². The Morgan fingerprint density at radius 1 is 0.808 bits per heavy atom. The molecule has 2 aromatic carbocycles. The third-order valence-corrected chi connectivity index (χ3v) is 4.82. The lowest BCUT2D eigenvalue weighted by molar-refractivity contribution is 1.08. The number of aromatic nitrogens is 2. The van der Waals surface area contributed by atoms with E-state index in [1.807, 2.05) is 6.07 Å². The molecule has 0 saturated carbocycles. The maximum absolute atomic E-state index is 4.96. The van der Waals surface area contributed by atoms with Gasteiger partial charge in [0.1, 0.15) is 17.2 Å². The molecule has 4 rings (SSSR count). The predicted octanol–water partition coefficient (Wildman–Crippen LogP) is 5.98. The maximum atomic E-state index is 4.96. The molecule has 0 unspecified atom stereocenters. The van der Waals surface area contributed by atoms with Gasteiger partial charge in [0.25, 0.3) is 0 Å². The van der Waals surface area contributed by atoms with Crippen molar-refractivity contribution in [3.8, 4) is 11.3 Å². The van der Waals surface area contributed by atoms with Gasteiger partial charge in [-0.25, -0.2) is 4.98 Å². The third-order valence-electron chi connectivity index (χ3n) is 4.82. The predicted molar refractivity (Wildman–Crippen MR) is 109 cm³/mol.